The van der Waals surface area contributed by atoms with Gasteiger partial charge in [0.2, 0.25) is 5.91 Å². The second-order valence-corrected chi connectivity index (χ2v) is 24.1. The third-order valence-electron chi connectivity index (χ3n) is 18.1. The summed E-state index contributed by atoms with van der Waals surface area (Å²) in [6, 6.07) is 6.44. The molecule has 1 aromatic carbocycles. The van der Waals surface area contributed by atoms with Crippen LogP contribution in [0.4, 0.5) is 10.1 Å². The van der Waals surface area contributed by atoms with Crippen LogP contribution in [0.3, 0.4) is 0 Å². The van der Waals surface area contributed by atoms with Gasteiger partial charge in [0.05, 0.1) is 47.2 Å². The molecule has 1 amide bonds. The van der Waals surface area contributed by atoms with Crippen molar-refractivity contribution in [3.63, 3.8) is 0 Å². The molecule has 0 saturated carbocycles. The van der Waals surface area contributed by atoms with E-state index in [1.807, 2.05) is 77.9 Å². The second kappa shape index (κ2) is 27.1. The van der Waals surface area contributed by atoms with Crippen LogP contribution in [-0.4, -0.2) is 226 Å². The van der Waals surface area contributed by atoms with Crippen molar-refractivity contribution in [3.8, 4) is 0 Å². The standard InChI is InChI=1S/C57H96FN7O13/c1-15-46-57(10,72)51(68)38(6)62(12)31-34(2)28-55(8,71)53(36(4)49(37(5)54(70)77-46)45-29-56(9,74-14)52(69)39(7)76-45)78-48-27-43(26-35(3)75-48)61(11)21-20-41-32-65(60-59-41)44(30-58)50(73-13)40-16-18-42(19-17-40)63-22-24-64(25-23-63)47(67)33-66/h16-19,32,34-39,43-46,48-53,66,68-69,71-72H,15,20-31,33H2,1-14H3/t34-,35-,36+,37-,38-,39+,43+,44-,45?,46-,48+,49+,50-,51-,52+,53-,55-,56-,57-/m1/s1. The van der Waals surface area contributed by atoms with E-state index in [-0.39, 0.29) is 43.2 Å². The Morgan fingerprint density at radius 1 is 0.962 bits per heavy atom. The lowest BCUT2D eigenvalue weighted by atomic mass is 9.68. The summed E-state index contributed by atoms with van der Waals surface area (Å²) in [5.41, 5.74) is -1.91. The number of carbonyl (C=O) groups is 2. The number of halogens is 1. The van der Waals surface area contributed by atoms with Crippen molar-refractivity contribution in [1.29, 1.82) is 0 Å². The molecule has 0 radical (unpaired) electrons. The van der Waals surface area contributed by atoms with Crippen molar-refractivity contribution in [3.05, 3.63) is 41.7 Å². The van der Waals surface area contributed by atoms with Gasteiger partial charge in [0.1, 0.15) is 49.3 Å². The van der Waals surface area contributed by atoms with Gasteiger partial charge in [-0.05, 0) is 104 Å². The molecule has 19 atom stereocenters. The van der Waals surface area contributed by atoms with Crippen molar-refractivity contribution in [2.24, 2.45) is 23.7 Å². The van der Waals surface area contributed by atoms with E-state index < -0.39 is 115 Å². The summed E-state index contributed by atoms with van der Waals surface area (Å²) in [6.07, 6.45) is -3.07. The van der Waals surface area contributed by atoms with Crippen molar-refractivity contribution >= 4 is 17.6 Å². The van der Waals surface area contributed by atoms with Crippen molar-refractivity contribution in [2.75, 3.05) is 85.8 Å². The lowest BCUT2D eigenvalue weighted by molar-refractivity contribution is -0.275. The molecule has 78 heavy (non-hydrogen) atoms. The number of aromatic nitrogens is 3. The average molecular weight is 1110 g/mol. The van der Waals surface area contributed by atoms with Gasteiger partial charge in [0.25, 0.3) is 0 Å². The molecule has 4 saturated heterocycles. The highest BCUT2D eigenvalue weighted by molar-refractivity contribution is 5.77. The van der Waals surface area contributed by atoms with Crippen LogP contribution in [-0.2, 0) is 44.4 Å². The van der Waals surface area contributed by atoms with Crippen LogP contribution in [0.1, 0.15) is 125 Å². The van der Waals surface area contributed by atoms with Crippen LogP contribution in [0.25, 0.3) is 0 Å². The minimum Gasteiger partial charge on any atom is -0.459 e. The first kappa shape index (κ1) is 63.7. The second-order valence-electron chi connectivity index (χ2n) is 24.1. The van der Waals surface area contributed by atoms with Gasteiger partial charge in [0, 0.05) is 103 Å². The quantitative estimate of drug-likeness (QED) is 0.150. The number of cyclic esters (lactones) is 1. The zero-order valence-electron chi connectivity index (χ0n) is 49.0. The third-order valence-corrected chi connectivity index (χ3v) is 18.1. The molecule has 0 spiro atoms. The molecule has 6 rings (SSSR count). The van der Waals surface area contributed by atoms with Crippen LogP contribution < -0.4 is 4.90 Å². The zero-order chi connectivity index (χ0) is 57.6. The predicted octanol–water partition coefficient (Wildman–Crippen LogP) is 3.95. The monoisotopic (exact) mass is 1110 g/mol. The number of methoxy groups -OCH3 is 2. The number of alkyl halides is 1. The molecule has 5 heterocycles. The van der Waals surface area contributed by atoms with E-state index in [1.54, 1.807) is 53.0 Å². The van der Waals surface area contributed by atoms with E-state index in [9.17, 15) is 35.1 Å². The molecule has 2 aromatic rings. The summed E-state index contributed by atoms with van der Waals surface area (Å²) >= 11 is 0. The van der Waals surface area contributed by atoms with Crippen LogP contribution in [0.15, 0.2) is 30.5 Å². The number of aliphatic hydroxyl groups excluding tert-OH is 3. The number of carbonyl (C=O) groups excluding carboxylic acids is 2. The van der Waals surface area contributed by atoms with Gasteiger partial charge in [-0.2, -0.15) is 0 Å². The Hall–Kier alpha value is -3.45. The Morgan fingerprint density at radius 2 is 1.63 bits per heavy atom. The summed E-state index contributed by atoms with van der Waals surface area (Å²) in [5, 5.41) is 66.1. The molecule has 5 N–H and O–H groups in total. The molecule has 20 nitrogen and oxygen atoms in total. The molecular formula is C57H96FN7O13. The number of benzene rings is 1. The number of ether oxygens (including phenoxy) is 6. The number of aliphatic hydroxyl groups is 5. The number of hydrogen-bond acceptors (Lipinski definition) is 18. The van der Waals surface area contributed by atoms with Crippen LogP contribution in [0.2, 0.25) is 0 Å². The maximum Gasteiger partial charge on any atom is 0.309 e. The minimum atomic E-state index is -1.81. The van der Waals surface area contributed by atoms with Gasteiger partial charge >= 0.3 is 5.97 Å². The fraction of sp³-hybridized carbons (Fsp3) is 0.825. The molecular weight excluding hydrogens is 1010 g/mol. The van der Waals surface area contributed by atoms with Crippen molar-refractivity contribution < 1.29 is 67.9 Å². The van der Waals surface area contributed by atoms with Crippen LogP contribution >= 0.6 is 0 Å². The van der Waals surface area contributed by atoms with Gasteiger partial charge in [-0.3, -0.25) is 9.59 Å². The van der Waals surface area contributed by atoms with Gasteiger partial charge in [0.15, 0.2) is 6.29 Å². The molecule has 21 heteroatoms. The number of esters is 1. The van der Waals surface area contributed by atoms with E-state index in [2.05, 4.69) is 20.1 Å². The largest absolute Gasteiger partial charge is 0.459 e. The Balaban J connectivity index is 1.21. The van der Waals surface area contributed by atoms with Crippen molar-refractivity contribution in [2.45, 2.75) is 198 Å². The molecule has 1 unspecified atom stereocenters. The highest BCUT2D eigenvalue weighted by atomic mass is 19.1. The molecule has 0 bridgehead atoms. The number of hydrogen-bond donors (Lipinski definition) is 5. The first-order chi connectivity index (χ1) is 36.7. The van der Waals surface area contributed by atoms with Gasteiger partial charge in [-0.15, -0.1) is 5.10 Å². The lowest BCUT2D eigenvalue weighted by Gasteiger charge is -2.51. The van der Waals surface area contributed by atoms with E-state index in [0.717, 1.165) is 11.3 Å². The van der Waals surface area contributed by atoms with Crippen molar-refractivity contribution in [1.82, 2.24) is 29.7 Å². The first-order valence-corrected chi connectivity index (χ1v) is 28.4. The van der Waals surface area contributed by atoms with E-state index in [0.29, 0.717) is 64.2 Å². The van der Waals surface area contributed by atoms with Gasteiger partial charge in [-0.1, -0.05) is 45.0 Å². The number of anilines is 1. The third kappa shape index (κ3) is 14.6. The summed E-state index contributed by atoms with van der Waals surface area (Å²) in [6.45, 7) is 20.4. The highest BCUT2D eigenvalue weighted by Gasteiger charge is 2.54. The van der Waals surface area contributed by atoms with Crippen LogP contribution in [0.5, 0.6) is 0 Å². The maximum atomic E-state index is 15.0. The minimum absolute atomic E-state index is 0.0157. The van der Waals surface area contributed by atoms with E-state index in [1.165, 1.54) is 11.6 Å². The molecule has 4 aliphatic rings. The smallest absolute Gasteiger partial charge is 0.309 e. The number of nitrogens with zero attached hydrogens (tertiary/aromatic N) is 7. The maximum absolute atomic E-state index is 15.0. The number of piperazine rings is 1. The zero-order valence-corrected chi connectivity index (χ0v) is 49.0. The predicted molar refractivity (Wildman–Crippen MR) is 291 cm³/mol. The molecule has 1 aromatic heterocycles. The first-order valence-electron chi connectivity index (χ1n) is 28.4. The van der Waals surface area contributed by atoms with Gasteiger partial charge < -0.3 is 73.6 Å². The average Bonchev–Trinajstić information content (AvgIpc) is 3.94. The topological polar surface area (TPSA) is 234 Å². The highest BCUT2D eigenvalue weighted by Crippen LogP contribution is 2.45. The molecule has 0 aliphatic carbocycles. The Morgan fingerprint density at radius 3 is 2.23 bits per heavy atom. The van der Waals surface area contributed by atoms with E-state index >= 15 is 4.39 Å². The molecule has 4 aliphatic heterocycles. The number of likely N-dealkylation sites (N-methyl/N-ethyl adjacent to an activating group) is 2. The summed E-state index contributed by atoms with van der Waals surface area (Å²) in [7, 11) is 7.00. The Bertz CT molecular complexity index is 2200. The Kier molecular flexibility index (Phi) is 22.1. The summed E-state index contributed by atoms with van der Waals surface area (Å²) < 4.78 is 55.0. The SMILES string of the molecule is CC[C@H]1OC(=O)[C@H](C)[C@@H](C2C[C@@](C)(OC)[C@@H](O)[C@H](C)O2)[C@H](C)[C@@H](O[C@H]2C[C@@H](N(C)CCc3cn([C@H](CF)[C@H](OC)c4ccc(N5CCN(C(=O)CO)CC5)cc4)nn3)C[C@@H](C)O2)[C@](C)(O)C[C@@H](C)CN(C)[C@H](C)[C@@H](O)[C@]1(C)O. The molecule has 4 fully saturated rings. The Labute approximate surface area is 462 Å². The normalized spacial score (nSPS) is 38.1. The van der Waals surface area contributed by atoms with E-state index in [4.69, 9.17) is 28.4 Å². The van der Waals surface area contributed by atoms with Gasteiger partial charge in [-0.25, -0.2) is 9.07 Å². The number of rotatable bonds is 16. The molecule has 444 valence electrons. The lowest BCUT2D eigenvalue weighted by Crippen LogP contribution is -2.61. The summed E-state index contributed by atoms with van der Waals surface area (Å²) in [4.78, 5) is 34.6. The van der Waals surface area contributed by atoms with Crippen LogP contribution in [0, 0.1) is 23.7 Å². The fourth-order valence-electron chi connectivity index (χ4n) is 13.2. The number of amides is 1. The summed E-state index contributed by atoms with van der Waals surface area (Å²) in [5.74, 6) is -3.18. The fourth-order valence-corrected chi connectivity index (χ4v) is 13.2.